The number of carbonyl (C=O) groups is 4. The minimum Gasteiger partial charge on any atom is -0.465 e. The Bertz CT molecular complexity index is 1340. The Balaban J connectivity index is 1.04. The van der Waals surface area contributed by atoms with Gasteiger partial charge in [0, 0.05) is 0 Å². The summed E-state index contributed by atoms with van der Waals surface area (Å²) >= 11 is 0. The molecule has 0 aromatic rings. The molecule has 3 aliphatic heterocycles. The third-order valence-electron chi connectivity index (χ3n) is 10.8. The molecule has 7 rings (SSSR count). The van der Waals surface area contributed by atoms with E-state index in [0.717, 1.165) is 25.7 Å². The van der Waals surface area contributed by atoms with E-state index in [1.54, 1.807) is 0 Å². The zero-order chi connectivity index (χ0) is 32.7. The second kappa shape index (κ2) is 11.0. The van der Waals surface area contributed by atoms with Crippen LogP contribution < -0.4 is 0 Å². The Morgan fingerprint density at radius 1 is 0.956 bits per heavy atom. The van der Waals surface area contributed by atoms with Crippen molar-refractivity contribution in [3.8, 4) is 0 Å². The number of hydrogen-bond acceptors (Lipinski definition) is 11. The van der Waals surface area contributed by atoms with E-state index in [1.807, 2.05) is 6.92 Å². The number of carbonyl (C=O) groups excluding carboxylic acids is 4. The van der Waals surface area contributed by atoms with Gasteiger partial charge >= 0.3 is 45.2 Å². The molecule has 4 saturated carbocycles. The maximum absolute atomic E-state index is 13.8. The van der Waals surface area contributed by atoms with E-state index in [-0.39, 0.29) is 11.8 Å². The van der Waals surface area contributed by atoms with Gasteiger partial charge in [0.25, 0.3) is 0 Å². The SMILES string of the molecule is CCC1(OC(=O)C2C3OC4C(OC(=O)C42)C3OC(=O)CCC(=O)OCCC(F)(F)C(F)(F)S(=O)(=O)O)C2CC3CC(C2)CC1C3. The van der Waals surface area contributed by atoms with Crippen molar-refractivity contribution in [2.75, 3.05) is 6.61 Å². The molecule has 4 aliphatic carbocycles. The van der Waals surface area contributed by atoms with Crippen molar-refractivity contribution in [1.29, 1.82) is 0 Å². The lowest BCUT2D eigenvalue weighted by molar-refractivity contribution is -0.217. The summed E-state index contributed by atoms with van der Waals surface area (Å²) in [4.78, 5) is 51.1. The minimum absolute atomic E-state index is 0.240. The summed E-state index contributed by atoms with van der Waals surface area (Å²) < 4.78 is 111. The zero-order valence-electron chi connectivity index (χ0n) is 24.2. The highest BCUT2D eigenvalue weighted by molar-refractivity contribution is 7.87. The van der Waals surface area contributed by atoms with Crippen molar-refractivity contribution in [2.24, 2.45) is 35.5 Å². The molecular formula is C28H34F4O12S. The highest BCUT2D eigenvalue weighted by Gasteiger charge is 2.73. The van der Waals surface area contributed by atoms with Crippen LogP contribution in [-0.4, -0.2) is 84.6 Å². The summed E-state index contributed by atoms with van der Waals surface area (Å²) in [6, 6.07) is 0. The first-order chi connectivity index (χ1) is 21.0. The summed E-state index contributed by atoms with van der Waals surface area (Å²) in [7, 11) is -6.44. The number of alkyl halides is 4. The smallest absolute Gasteiger partial charge is 0.431 e. The van der Waals surface area contributed by atoms with E-state index in [9.17, 15) is 45.2 Å². The van der Waals surface area contributed by atoms with Crippen molar-refractivity contribution in [1.82, 2.24) is 0 Å². The molecule has 3 heterocycles. The number of rotatable bonds is 12. The summed E-state index contributed by atoms with van der Waals surface area (Å²) in [5, 5.41) is -5.81. The molecule has 7 aliphatic rings. The number of fused-ring (bicyclic) bond motifs is 1. The second-order valence-electron chi connectivity index (χ2n) is 13.2. The monoisotopic (exact) mass is 670 g/mol. The fourth-order valence-electron chi connectivity index (χ4n) is 8.91. The molecule has 0 spiro atoms. The molecule has 6 unspecified atom stereocenters. The predicted octanol–water partition coefficient (Wildman–Crippen LogP) is 2.81. The fraction of sp³-hybridized carbons (Fsp3) is 0.857. The van der Waals surface area contributed by atoms with Gasteiger partial charge in [-0.05, 0) is 62.2 Å². The Morgan fingerprint density at radius 3 is 2.13 bits per heavy atom. The molecule has 45 heavy (non-hydrogen) atoms. The first-order valence-corrected chi connectivity index (χ1v) is 16.6. The normalized spacial score (nSPS) is 39.6. The van der Waals surface area contributed by atoms with Crippen LogP contribution in [0.4, 0.5) is 17.6 Å². The fourth-order valence-corrected chi connectivity index (χ4v) is 9.39. The number of ether oxygens (including phenoxy) is 5. The van der Waals surface area contributed by atoms with Gasteiger partial charge < -0.3 is 23.7 Å². The Kier molecular flexibility index (Phi) is 7.94. The lowest BCUT2D eigenvalue weighted by Crippen LogP contribution is -2.60. The van der Waals surface area contributed by atoms with Crippen LogP contribution in [0.3, 0.4) is 0 Å². The number of esters is 4. The van der Waals surface area contributed by atoms with Gasteiger partial charge in [-0.3, -0.25) is 23.7 Å². The van der Waals surface area contributed by atoms with Crippen molar-refractivity contribution < 1.29 is 73.4 Å². The topological polar surface area (TPSA) is 169 Å². The lowest BCUT2D eigenvalue weighted by Gasteiger charge is -2.60. The molecule has 12 nitrogen and oxygen atoms in total. The summed E-state index contributed by atoms with van der Waals surface area (Å²) in [5.41, 5.74) is -0.632. The molecule has 0 amide bonds. The predicted molar refractivity (Wildman–Crippen MR) is 138 cm³/mol. The van der Waals surface area contributed by atoms with E-state index in [0.29, 0.717) is 18.3 Å². The van der Waals surface area contributed by atoms with Gasteiger partial charge in [-0.15, -0.1) is 0 Å². The third-order valence-corrected chi connectivity index (χ3v) is 11.7. The van der Waals surface area contributed by atoms with Gasteiger partial charge in [-0.25, -0.2) is 0 Å². The zero-order valence-corrected chi connectivity index (χ0v) is 25.0. The van der Waals surface area contributed by atoms with E-state index in [1.165, 1.54) is 6.42 Å². The van der Waals surface area contributed by atoms with Crippen LogP contribution in [0.15, 0.2) is 0 Å². The third kappa shape index (κ3) is 5.20. The second-order valence-corrected chi connectivity index (χ2v) is 14.6. The average Bonchev–Trinajstić information content (AvgIpc) is 3.57. The Morgan fingerprint density at radius 2 is 1.56 bits per heavy atom. The molecule has 1 N–H and O–H groups in total. The van der Waals surface area contributed by atoms with Crippen LogP contribution in [0.2, 0.25) is 0 Å². The quantitative estimate of drug-likeness (QED) is 0.140. The van der Waals surface area contributed by atoms with Gasteiger partial charge in [0.05, 0.1) is 25.9 Å². The molecule has 6 bridgehead atoms. The highest BCUT2D eigenvalue weighted by Crippen LogP contribution is 2.61. The summed E-state index contributed by atoms with van der Waals surface area (Å²) in [5.74, 6) is -8.97. The molecule has 0 aromatic heterocycles. The average molecular weight is 671 g/mol. The van der Waals surface area contributed by atoms with Crippen LogP contribution >= 0.6 is 0 Å². The number of halogens is 4. The molecule has 7 fully saturated rings. The van der Waals surface area contributed by atoms with Crippen molar-refractivity contribution >= 4 is 34.0 Å². The summed E-state index contributed by atoms with van der Waals surface area (Å²) in [6.07, 6.45) is -1.45. The van der Waals surface area contributed by atoms with E-state index in [4.69, 9.17) is 23.5 Å². The van der Waals surface area contributed by atoms with Crippen molar-refractivity contribution in [3.63, 3.8) is 0 Å². The van der Waals surface area contributed by atoms with Crippen molar-refractivity contribution in [3.05, 3.63) is 0 Å². The van der Waals surface area contributed by atoms with Crippen LogP contribution in [0, 0.1) is 35.5 Å². The van der Waals surface area contributed by atoms with Crippen LogP contribution in [0.25, 0.3) is 0 Å². The van der Waals surface area contributed by atoms with Crippen LogP contribution in [-0.2, 0) is 53.0 Å². The van der Waals surface area contributed by atoms with Crippen molar-refractivity contribution in [2.45, 2.75) is 106 Å². The maximum atomic E-state index is 13.8. The van der Waals surface area contributed by atoms with Crippen LogP contribution in [0.5, 0.6) is 0 Å². The standard InChI is InChI=1S/C28H34F4O12S/c1-2-26(14-8-12-7-13(10-14)11-15(26)9-12)44-25(36)19-18-20-23(43-24(18)35)22(21(19)42-20)41-17(34)4-3-16(33)40-6-5-27(29,30)28(31,32)45(37,38)39/h12-15,18-23H,2-11H2,1H3,(H,37,38,39). The lowest BCUT2D eigenvalue weighted by atomic mass is 9.49. The molecule has 17 heteroatoms. The highest BCUT2D eigenvalue weighted by atomic mass is 32.2. The van der Waals surface area contributed by atoms with Gasteiger partial charge in [0.1, 0.15) is 29.6 Å². The van der Waals surface area contributed by atoms with Gasteiger partial charge in [0.15, 0.2) is 12.2 Å². The Labute approximate surface area is 255 Å². The molecule has 3 saturated heterocycles. The summed E-state index contributed by atoms with van der Waals surface area (Å²) in [6.45, 7) is 0.667. The molecular weight excluding hydrogens is 636 g/mol. The minimum atomic E-state index is -6.44. The maximum Gasteiger partial charge on any atom is 0.431 e. The van der Waals surface area contributed by atoms with E-state index < -0.39 is 113 Å². The number of hydrogen-bond donors (Lipinski definition) is 1. The molecule has 0 radical (unpaired) electrons. The van der Waals surface area contributed by atoms with Crippen LogP contribution in [0.1, 0.15) is 64.7 Å². The largest absolute Gasteiger partial charge is 0.465 e. The van der Waals surface area contributed by atoms with Gasteiger partial charge in [-0.1, -0.05) is 6.92 Å². The molecule has 6 atom stereocenters. The molecule has 252 valence electrons. The Hall–Kier alpha value is -2.53. The van der Waals surface area contributed by atoms with Gasteiger partial charge in [0.2, 0.25) is 0 Å². The molecule has 0 aromatic carbocycles. The first-order valence-electron chi connectivity index (χ1n) is 15.2. The first kappa shape index (κ1) is 32.4. The van der Waals surface area contributed by atoms with E-state index >= 15 is 0 Å². The van der Waals surface area contributed by atoms with Gasteiger partial charge in [-0.2, -0.15) is 26.0 Å². The van der Waals surface area contributed by atoms with E-state index in [2.05, 4.69) is 4.74 Å².